The van der Waals surface area contributed by atoms with Crippen molar-refractivity contribution < 1.29 is 9.59 Å². The molecule has 1 rings (SSSR count). The number of amides is 1. The molecule has 0 aromatic heterocycles. The summed E-state index contributed by atoms with van der Waals surface area (Å²) in [7, 11) is 0. The fraction of sp³-hybridized carbons (Fsp3) is 0.429. The van der Waals surface area contributed by atoms with Crippen LogP contribution in [0.2, 0.25) is 0 Å². The average molecular weight is 233 g/mol. The summed E-state index contributed by atoms with van der Waals surface area (Å²) in [6.07, 6.45) is 1.12. The van der Waals surface area contributed by atoms with Crippen LogP contribution in [0.1, 0.15) is 31.4 Å². The maximum absolute atomic E-state index is 11.6. The van der Waals surface area contributed by atoms with Gasteiger partial charge in [-0.25, -0.2) is 0 Å². The number of ketones is 1. The van der Waals surface area contributed by atoms with Crippen LogP contribution in [0.25, 0.3) is 0 Å². The van der Waals surface area contributed by atoms with Crippen LogP contribution in [0.5, 0.6) is 0 Å². The van der Waals surface area contributed by atoms with Crippen LogP contribution >= 0.6 is 0 Å². The molecule has 0 radical (unpaired) electrons. The van der Waals surface area contributed by atoms with Crippen molar-refractivity contribution in [3.8, 4) is 0 Å². The lowest BCUT2D eigenvalue weighted by Gasteiger charge is -2.10. The van der Waals surface area contributed by atoms with E-state index in [1.165, 1.54) is 12.5 Å². The van der Waals surface area contributed by atoms with Gasteiger partial charge in [-0.15, -0.1) is 0 Å². The number of hydrogen-bond donors (Lipinski definition) is 1. The zero-order valence-electron chi connectivity index (χ0n) is 10.6. The number of carbonyl (C=O) groups excluding carboxylic acids is 2. The monoisotopic (exact) mass is 233 g/mol. The van der Waals surface area contributed by atoms with E-state index >= 15 is 0 Å². The smallest absolute Gasteiger partial charge is 0.220 e. The normalized spacial score (nSPS) is 11.9. The second-order valence-corrected chi connectivity index (χ2v) is 4.39. The standard InChI is InChI=1S/C14H19NO2/c1-10-5-4-6-13(9-10)7-8-14(17)15-11(2)12(3)16/h4-6,9,11H,7-8H2,1-3H3,(H,15,17). The molecule has 0 heterocycles. The van der Waals surface area contributed by atoms with Crippen molar-refractivity contribution in [2.45, 2.75) is 39.7 Å². The summed E-state index contributed by atoms with van der Waals surface area (Å²) in [5.41, 5.74) is 2.34. The highest BCUT2D eigenvalue weighted by molar-refractivity contribution is 5.87. The molecule has 0 fully saturated rings. The molecular formula is C14H19NO2. The van der Waals surface area contributed by atoms with E-state index in [0.717, 1.165) is 5.56 Å². The van der Waals surface area contributed by atoms with Crippen molar-refractivity contribution in [1.82, 2.24) is 5.32 Å². The molecule has 17 heavy (non-hydrogen) atoms. The minimum atomic E-state index is -0.389. The molecule has 1 N–H and O–H groups in total. The molecule has 0 saturated carbocycles. The molecule has 3 nitrogen and oxygen atoms in total. The lowest BCUT2D eigenvalue weighted by molar-refractivity contribution is -0.126. The quantitative estimate of drug-likeness (QED) is 0.845. The third-order valence-corrected chi connectivity index (χ3v) is 2.71. The predicted molar refractivity (Wildman–Crippen MR) is 67.8 cm³/mol. The van der Waals surface area contributed by atoms with E-state index in [2.05, 4.69) is 11.4 Å². The van der Waals surface area contributed by atoms with E-state index in [0.29, 0.717) is 12.8 Å². The van der Waals surface area contributed by atoms with Gasteiger partial charge in [-0.2, -0.15) is 0 Å². The minimum absolute atomic E-state index is 0.0195. The van der Waals surface area contributed by atoms with Crippen LogP contribution in [0.3, 0.4) is 0 Å². The molecule has 0 saturated heterocycles. The van der Waals surface area contributed by atoms with Gasteiger partial charge < -0.3 is 5.32 Å². The molecule has 92 valence electrons. The summed E-state index contributed by atoms with van der Waals surface area (Å²) in [4.78, 5) is 22.5. The number of benzene rings is 1. The fourth-order valence-corrected chi connectivity index (χ4v) is 1.54. The van der Waals surface area contributed by atoms with Crippen molar-refractivity contribution in [1.29, 1.82) is 0 Å². The molecule has 0 aliphatic heterocycles. The Labute approximate surface area is 102 Å². The molecule has 1 aromatic rings. The molecule has 0 spiro atoms. The Bertz CT molecular complexity index is 412. The Hall–Kier alpha value is -1.64. The SMILES string of the molecule is CC(=O)C(C)NC(=O)CCc1cccc(C)c1. The van der Waals surface area contributed by atoms with Gasteiger partial charge in [-0.05, 0) is 32.8 Å². The van der Waals surface area contributed by atoms with Crippen molar-refractivity contribution >= 4 is 11.7 Å². The zero-order valence-corrected chi connectivity index (χ0v) is 10.6. The van der Waals surface area contributed by atoms with Crippen molar-refractivity contribution in [3.63, 3.8) is 0 Å². The Morgan fingerprint density at radius 3 is 2.65 bits per heavy atom. The number of Topliss-reactive ketones (excluding diaryl/α,β-unsaturated/α-hetero) is 1. The van der Waals surface area contributed by atoms with Gasteiger partial charge in [-0.1, -0.05) is 29.8 Å². The van der Waals surface area contributed by atoms with E-state index in [1.54, 1.807) is 6.92 Å². The highest BCUT2D eigenvalue weighted by Crippen LogP contribution is 2.06. The first kappa shape index (κ1) is 13.4. The van der Waals surface area contributed by atoms with E-state index in [1.807, 2.05) is 25.1 Å². The molecule has 0 aliphatic rings. The first-order chi connectivity index (χ1) is 7.99. The number of aryl methyl sites for hydroxylation is 2. The third-order valence-electron chi connectivity index (χ3n) is 2.71. The Balaban J connectivity index is 2.41. The Kier molecular flexibility index (Phi) is 4.88. The molecule has 1 atom stereocenters. The highest BCUT2D eigenvalue weighted by atomic mass is 16.2. The van der Waals surface area contributed by atoms with Crippen LogP contribution in [0.15, 0.2) is 24.3 Å². The van der Waals surface area contributed by atoms with E-state index in [9.17, 15) is 9.59 Å². The summed E-state index contributed by atoms with van der Waals surface area (Å²) < 4.78 is 0. The summed E-state index contributed by atoms with van der Waals surface area (Å²) in [6.45, 7) is 5.21. The lowest BCUT2D eigenvalue weighted by atomic mass is 10.1. The maximum atomic E-state index is 11.6. The van der Waals surface area contributed by atoms with Gasteiger partial charge in [0.2, 0.25) is 5.91 Å². The van der Waals surface area contributed by atoms with Gasteiger partial charge in [0, 0.05) is 6.42 Å². The van der Waals surface area contributed by atoms with Crippen molar-refractivity contribution in [3.05, 3.63) is 35.4 Å². The predicted octanol–water partition coefficient (Wildman–Crippen LogP) is 2.02. The summed E-state index contributed by atoms with van der Waals surface area (Å²) in [6, 6.07) is 7.71. The molecule has 1 amide bonds. The molecule has 3 heteroatoms. The van der Waals surface area contributed by atoms with E-state index in [-0.39, 0.29) is 17.7 Å². The Morgan fingerprint density at radius 2 is 2.06 bits per heavy atom. The first-order valence-corrected chi connectivity index (χ1v) is 5.84. The van der Waals surface area contributed by atoms with Crippen molar-refractivity contribution in [2.24, 2.45) is 0 Å². The van der Waals surface area contributed by atoms with Gasteiger partial charge in [0.1, 0.15) is 0 Å². The summed E-state index contributed by atoms with van der Waals surface area (Å²) >= 11 is 0. The van der Waals surface area contributed by atoms with Gasteiger partial charge in [-0.3, -0.25) is 9.59 Å². The van der Waals surface area contributed by atoms with Crippen molar-refractivity contribution in [2.75, 3.05) is 0 Å². The number of hydrogen-bond acceptors (Lipinski definition) is 2. The fourth-order valence-electron chi connectivity index (χ4n) is 1.54. The molecule has 0 aliphatic carbocycles. The van der Waals surface area contributed by atoms with Crippen LogP contribution in [0.4, 0.5) is 0 Å². The van der Waals surface area contributed by atoms with Crippen LogP contribution in [-0.4, -0.2) is 17.7 Å². The maximum Gasteiger partial charge on any atom is 0.220 e. The van der Waals surface area contributed by atoms with Crippen LogP contribution in [-0.2, 0) is 16.0 Å². The lowest BCUT2D eigenvalue weighted by Crippen LogP contribution is -2.37. The topological polar surface area (TPSA) is 46.2 Å². The van der Waals surface area contributed by atoms with E-state index in [4.69, 9.17) is 0 Å². The minimum Gasteiger partial charge on any atom is -0.347 e. The number of nitrogens with one attached hydrogen (secondary N) is 1. The van der Waals surface area contributed by atoms with Gasteiger partial charge in [0.15, 0.2) is 5.78 Å². The largest absolute Gasteiger partial charge is 0.347 e. The van der Waals surface area contributed by atoms with Gasteiger partial charge in [0.05, 0.1) is 6.04 Å². The highest BCUT2D eigenvalue weighted by Gasteiger charge is 2.10. The Morgan fingerprint density at radius 1 is 1.35 bits per heavy atom. The van der Waals surface area contributed by atoms with Gasteiger partial charge >= 0.3 is 0 Å². The number of carbonyl (C=O) groups is 2. The molecule has 0 bridgehead atoms. The summed E-state index contributed by atoms with van der Waals surface area (Å²) in [5.74, 6) is -0.0943. The second-order valence-electron chi connectivity index (χ2n) is 4.39. The zero-order chi connectivity index (χ0) is 12.8. The molecule has 1 aromatic carbocycles. The van der Waals surface area contributed by atoms with Crippen LogP contribution in [0, 0.1) is 6.92 Å². The number of rotatable bonds is 5. The molecular weight excluding hydrogens is 214 g/mol. The first-order valence-electron chi connectivity index (χ1n) is 5.84. The van der Waals surface area contributed by atoms with Crippen LogP contribution < -0.4 is 5.32 Å². The van der Waals surface area contributed by atoms with E-state index < -0.39 is 0 Å². The molecule has 1 unspecified atom stereocenters. The van der Waals surface area contributed by atoms with Gasteiger partial charge in [0.25, 0.3) is 0 Å². The average Bonchev–Trinajstić information content (AvgIpc) is 2.26. The third kappa shape index (κ3) is 4.81. The second kappa shape index (κ2) is 6.18. The summed E-state index contributed by atoms with van der Waals surface area (Å²) in [5, 5.41) is 2.68.